The molecule has 0 radical (unpaired) electrons. The van der Waals surface area contributed by atoms with Crippen LogP contribution in [0.2, 0.25) is 0 Å². The number of rotatable bonds is 12. The van der Waals surface area contributed by atoms with Crippen molar-refractivity contribution in [2.24, 2.45) is 11.7 Å². The van der Waals surface area contributed by atoms with Gasteiger partial charge in [0.2, 0.25) is 23.6 Å². The van der Waals surface area contributed by atoms with E-state index in [4.69, 9.17) is 5.73 Å². The van der Waals surface area contributed by atoms with Crippen molar-refractivity contribution in [3.05, 3.63) is 83.7 Å². The molecule has 3 aromatic rings. The molecule has 3 atom stereocenters. The molecule has 2 aliphatic rings. The topological polar surface area (TPSA) is 125 Å². The summed E-state index contributed by atoms with van der Waals surface area (Å²) in [7, 11) is 0. The van der Waals surface area contributed by atoms with Gasteiger partial charge in [0.15, 0.2) is 0 Å². The summed E-state index contributed by atoms with van der Waals surface area (Å²) in [6.07, 6.45) is 2.85. The summed E-state index contributed by atoms with van der Waals surface area (Å²) in [6, 6.07) is 17.1. The Morgan fingerprint density at radius 2 is 1.57 bits per heavy atom. The molecule has 0 spiro atoms. The molecular formula is C37H46FN5O4. The fourth-order valence-electron chi connectivity index (χ4n) is 6.19. The van der Waals surface area contributed by atoms with E-state index in [9.17, 15) is 23.6 Å². The van der Waals surface area contributed by atoms with Crippen LogP contribution in [-0.4, -0.2) is 76.2 Å². The first-order valence-corrected chi connectivity index (χ1v) is 16.5. The Balaban J connectivity index is 1.43. The maximum absolute atomic E-state index is 14.4. The highest BCUT2D eigenvalue weighted by atomic mass is 19.1. The molecular weight excluding hydrogens is 597 g/mol. The third-order valence-corrected chi connectivity index (χ3v) is 8.96. The standard InChI is InChI=1S/C37H46FN5O4/c1-23(2)40-33(44)31(22-26-11-14-27-7-5-6-8-28(27)19-26)42-17-18-43(32(35(42)46)21-25-9-10-25)34(45)30(41-36(47)37(3,4)39)20-24-12-15-29(38)16-13-24/h5-8,11-16,19,23,25,30-32H,9-10,17-18,20-22,39H2,1-4H3,(H,40,44)(H,41,47)/t30?,31?,32-/m1/s1. The molecule has 1 aliphatic heterocycles. The van der Waals surface area contributed by atoms with Gasteiger partial charge in [-0.05, 0) is 74.1 Å². The smallest absolute Gasteiger partial charge is 0.246 e. The van der Waals surface area contributed by atoms with Crippen LogP contribution in [0, 0.1) is 11.7 Å². The van der Waals surface area contributed by atoms with Crippen LogP contribution in [-0.2, 0) is 32.0 Å². The first kappa shape index (κ1) is 34.0. The maximum atomic E-state index is 14.4. The van der Waals surface area contributed by atoms with Crippen molar-refractivity contribution in [2.75, 3.05) is 13.1 Å². The van der Waals surface area contributed by atoms with Crippen LogP contribution in [0.15, 0.2) is 66.7 Å². The SMILES string of the molecule is CC(C)NC(=O)C(Cc1ccc2ccccc2c1)N1CCN(C(=O)C(Cc2ccc(F)cc2)NC(=O)C(C)(C)N)[C@H](CC2CC2)C1=O. The van der Waals surface area contributed by atoms with Crippen molar-refractivity contribution in [2.45, 2.75) is 89.5 Å². The summed E-state index contributed by atoms with van der Waals surface area (Å²) in [6.45, 7) is 7.24. The number of carbonyl (C=O) groups excluding carboxylic acids is 4. The van der Waals surface area contributed by atoms with E-state index in [1.807, 2.05) is 50.2 Å². The minimum absolute atomic E-state index is 0.104. The summed E-state index contributed by atoms with van der Waals surface area (Å²) < 4.78 is 13.7. The molecule has 10 heteroatoms. The van der Waals surface area contributed by atoms with E-state index >= 15 is 0 Å². The van der Waals surface area contributed by atoms with Gasteiger partial charge in [0.1, 0.15) is 23.9 Å². The molecule has 5 rings (SSSR count). The Hall–Kier alpha value is -4.31. The van der Waals surface area contributed by atoms with E-state index < -0.39 is 41.3 Å². The van der Waals surface area contributed by atoms with Gasteiger partial charge in [-0.2, -0.15) is 0 Å². The number of nitrogens with one attached hydrogen (secondary N) is 2. The fourth-order valence-corrected chi connectivity index (χ4v) is 6.19. The third kappa shape index (κ3) is 8.54. The zero-order valence-electron chi connectivity index (χ0n) is 27.7. The lowest BCUT2D eigenvalue weighted by molar-refractivity contribution is -0.157. The molecule has 1 aliphatic carbocycles. The molecule has 2 fully saturated rings. The normalized spacial score (nSPS) is 18.3. The van der Waals surface area contributed by atoms with E-state index in [2.05, 4.69) is 16.7 Å². The number of carbonyl (C=O) groups is 4. The van der Waals surface area contributed by atoms with Crippen LogP contribution in [0.4, 0.5) is 4.39 Å². The zero-order chi connectivity index (χ0) is 33.9. The lowest BCUT2D eigenvalue weighted by atomic mass is 9.95. The summed E-state index contributed by atoms with van der Waals surface area (Å²) in [5.41, 5.74) is 6.41. The fraction of sp³-hybridized carbons (Fsp3) is 0.459. The molecule has 1 saturated heterocycles. The van der Waals surface area contributed by atoms with Gasteiger partial charge in [-0.1, -0.05) is 67.4 Å². The number of nitrogens with zero attached hydrogens (tertiary/aromatic N) is 2. The number of amides is 4. The Labute approximate surface area is 276 Å². The highest BCUT2D eigenvalue weighted by Crippen LogP contribution is 2.36. The minimum atomic E-state index is -1.25. The van der Waals surface area contributed by atoms with Crippen molar-refractivity contribution in [1.29, 1.82) is 0 Å². The first-order chi connectivity index (χ1) is 22.3. The van der Waals surface area contributed by atoms with Gasteiger partial charge in [0.25, 0.3) is 0 Å². The summed E-state index contributed by atoms with van der Waals surface area (Å²) >= 11 is 0. The number of piperazine rings is 1. The highest BCUT2D eigenvalue weighted by Gasteiger charge is 2.45. The number of benzene rings is 3. The summed E-state index contributed by atoms with van der Waals surface area (Å²) in [4.78, 5) is 58.7. The average molecular weight is 644 g/mol. The lowest BCUT2D eigenvalue weighted by Crippen LogP contribution is -2.66. The monoisotopic (exact) mass is 643 g/mol. The number of fused-ring (bicyclic) bond motifs is 1. The van der Waals surface area contributed by atoms with E-state index in [0.29, 0.717) is 24.3 Å². The Morgan fingerprint density at radius 1 is 0.915 bits per heavy atom. The number of nitrogens with two attached hydrogens (primary N) is 1. The summed E-state index contributed by atoms with van der Waals surface area (Å²) in [5, 5.41) is 7.95. The molecule has 9 nitrogen and oxygen atoms in total. The molecule has 1 saturated carbocycles. The Bertz CT molecular complexity index is 1610. The van der Waals surface area contributed by atoms with E-state index in [1.54, 1.807) is 35.8 Å². The Morgan fingerprint density at radius 3 is 2.21 bits per heavy atom. The average Bonchev–Trinajstić information content (AvgIpc) is 3.85. The van der Waals surface area contributed by atoms with Crippen LogP contribution >= 0.6 is 0 Å². The molecule has 0 aromatic heterocycles. The number of hydrogen-bond acceptors (Lipinski definition) is 5. The molecule has 3 aromatic carbocycles. The predicted octanol–water partition coefficient (Wildman–Crippen LogP) is 3.72. The van der Waals surface area contributed by atoms with Crippen molar-refractivity contribution in [3.8, 4) is 0 Å². The molecule has 4 N–H and O–H groups in total. The second-order valence-corrected chi connectivity index (χ2v) is 13.9. The van der Waals surface area contributed by atoms with Crippen molar-refractivity contribution in [1.82, 2.24) is 20.4 Å². The van der Waals surface area contributed by atoms with Gasteiger partial charge in [-0.25, -0.2) is 4.39 Å². The van der Waals surface area contributed by atoms with Crippen LogP contribution in [0.1, 0.15) is 58.1 Å². The number of halogens is 1. The van der Waals surface area contributed by atoms with Crippen LogP contribution in [0.25, 0.3) is 10.8 Å². The quantitative estimate of drug-likeness (QED) is 0.278. The van der Waals surface area contributed by atoms with Gasteiger partial charge >= 0.3 is 0 Å². The zero-order valence-corrected chi connectivity index (χ0v) is 27.7. The molecule has 2 unspecified atom stereocenters. The van der Waals surface area contributed by atoms with Gasteiger partial charge in [-0.3, -0.25) is 19.2 Å². The molecule has 250 valence electrons. The van der Waals surface area contributed by atoms with Gasteiger partial charge in [-0.15, -0.1) is 0 Å². The molecule has 47 heavy (non-hydrogen) atoms. The third-order valence-electron chi connectivity index (χ3n) is 8.96. The second-order valence-electron chi connectivity index (χ2n) is 13.9. The van der Waals surface area contributed by atoms with Gasteiger partial charge in [0.05, 0.1) is 5.54 Å². The first-order valence-electron chi connectivity index (χ1n) is 16.5. The predicted molar refractivity (Wildman–Crippen MR) is 180 cm³/mol. The molecule has 1 heterocycles. The van der Waals surface area contributed by atoms with E-state index in [1.165, 1.54) is 12.1 Å². The molecule has 0 bridgehead atoms. The van der Waals surface area contributed by atoms with Crippen molar-refractivity contribution < 1.29 is 23.6 Å². The lowest BCUT2D eigenvalue weighted by Gasteiger charge is -2.44. The largest absolute Gasteiger partial charge is 0.352 e. The number of hydrogen-bond donors (Lipinski definition) is 3. The minimum Gasteiger partial charge on any atom is -0.352 e. The van der Waals surface area contributed by atoms with Gasteiger partial charge in [0, 0.05) is 32.0 Å². The van der Waals surface area contributed by atoms with Crippen LogP contribution in [0.5, 0.6) is 0 Å². The molecule has 4 amide bonds. The van der Waals surface area contributed by atoms with E-state index in [0.717, 1.165) is 29.2 Å². The van der Waals surface area contributed by atoms with Crippen molar-refractivity contribution in [3.63, 3.8) is 0 Å². The second kappa shape index (κ2) is 14.2. The Kier molecular flexibility index (Phi) is 10.3. The highest BCUT2D eigenvalue weighted by molar-refractivity contribution is 5.96. The van der Waals surface area contributed by atoms with Crippen LogP contribution < -0.4 is 16.4 Å². The van der Waals surface area contributed by atoms with Crippen molar-refractivity contribution >= 4 is 34.4 Å². The van der Waals surface area contributed by atoms with E-state index in [-0.39, 0.29) is 37.4 Å². The van der Waals surface area contributed by atoms with Gasteiger partial charge < -0.3 is 26.2 Å². The maximum Gasteiger partial charge on any atom is 0.246 e. The van der Waals surface area contributed by atoms with Crippen LogP contribution in [0.3, 0.4) is 0 Å². The summed E-state index contributed by atoms with van der Waals surface area (Å²) in [5.74, 6) is -1.53.